The summed E-state index contributed by atoms with van der Waals surface area (Å²) in [4.78, 5) is 0. The van der Waals surface area contributed by atoms with E-state index in [2.05, 4.69) is 60.7 Å². The fraction of sp³-hybridized carbons (Fsp3) is 0. The van der Waals surface area contributed by atoms with Crippen molar-refractivity contribution in [3.63, 3.8) is 0 Å². The lowest BCUT2D eigenvalue weighted by atomic mass is 9.85. The molecule has 2 heteroatoms. The minimum Gasteiger partial charge on any atom is -0.399 e. The molecule has 0 saturated heterocycles. The van der Waals surface area contributed by atoms with E-state index in [-0.39, 0.29) is 0 Å². The van der Waals surface area contributed by atoms with Crippen LogP contribution >= 0.6 is 0 Å². The molecule has 4 N–H and O–H groups in total. The molecule has 0 radical (unpaired) electrons. The standard InChI is InChI=1S/C26H22N2/c27-23-15-7-13-21(17-23)25(19-9-3-1-4-10-19)26(20-11-5-2-6-12-20)22-14-8-16-24(28)18-22/h1-18H,27-28H2/b26-25+. The fourth-order valence-electron chi connectivity index (χ4n) is 3.51. The zero-order chi connectivity index (χ0) is 19.3. The maximum atomic E-state index is 6.13. The summed E-state index contributed by atoms with van der Waals surface area (Å²) in [5, 5.41) is 0. The van der Waals surface area contributed by atoms with E-state index in [9.17, 15) is 0 Å². The second-order valence-electron chi connectivity index (χ2n) is 6.73. The van der Waals surface area contributed by atoms with Gasteiger partial charge in [0.05, 0.1) is 0 Å². The zero-order valence-electron chi connectivity index (χ0n) is 15.5. The molecular weight excluding hydrogens is 340 g/mol. The fourth-order valence-corrected chi connectivity index (χ4v) is 3.51. The second-order valence-corrected chi connectivity index (χ2v) is 6.73. The number of nitrogens with two attached hydrogens (primary N) is 2. The van der Waals surface area contributed by atoms with Gasteiger partial charge >= 0.3 is 0 Å². The van der Waals surface area contributed by atoms with Gasteiger partial charge in [-0.25, -0.2) is 0 Å². The summed E-state index contributed by atoms with van der Waals surface area (Å²) in [5.41, 5.74) is 20.4. The third-order valence-electron chi connectivity index (χ3n) is 4.73. The Morgan fingerprint density at radius 1 is 0.393 bits per heavy atom. The van der Waals surface area contributed by atoms with Gasteiger partial charge in [0, 0.05) is 11.4 Å². The minimum atomic E-state index is 0.742. The van der Waals surface area contributed by atoms with Crippen molar-refractivity contribution >= 4 is 22.5 Å². The van der Waals surface area contributed by atoms with Crippen LogP contribution in [0.4, 0.5) is 11.4 Å². The lowest BCUT2D eigenvalue weighted by Crippen LogP contribution is -1.99. The van der Waals surface area contributed by atoms with Gasteiger partial charge in [-0.3, -0.25) is 0 Å². The molecule has 4 rings (SSSR count). The Hall–Kier alpha value is -3.78. The van der Waals surface area contributed by atoms with E-state index in [0.717, 1.165) is 44.8 Å². The first-order valence-electron chi connectivity index (χ1n) is 9.29. The third-order valence-corrected chi connectivity index (χ3v) is 4.73. The molecular formula is C26H22N2. The SMILES string of the molecule is Nc1cccc(/C(=C(\c2ccccc2)c2cccc(N)c2)c2ccccc2)c1. The topological polar surface area (TPSA) is 52.0 Å². The van der Waals surface area contributed by atoms with E-state index < -0.39 is 0 Å². The molecule has 4 aromatic carbocycles. The van der Waals surface area contributed by atoms with Gasteiger partial charge in [0.2, 0.25) is 0 Å². The lowest BCUT2D eigenvalue weighted by Gasteiger charge is -2.18. The van der Waals surface area contributed by atoms with Gasteiger partial charge in [-0.1, -0.05) is 84.9 Å². The smallest absolute Gasteiger partial charge is 0.0320 e. The van der Waals surface area contributed by atoms with E-state index >= 15 is 0 Å². The van der Waals surface area contributed by atoms with Crippen LogP contribution in [0.3, 0.4) is 0 Å². The van der Waals surface area contributed by atoms with Crippen LogP contribution in [0.15, 0.2) is 109 Å². The van der Waals surface area contributed by atoms with Crippen LogP contribution in [-0.4, -0.2) is 0 Å². The van der Waals surface area contributed by atoms with Gasteiger partial charge in [0.25, 0.3) is 0 Å². The summed E-state index contributed by atoms with van der Waals surface area (Å²) >= 11 is 0. The summed E-state index contributed by atoms with van der Waals surface area (Å²) in [6.45, 7) is 0. The Kier molecular flexibility index (Phi) is 4.94. The van der Waals surface area contributed by atoms with Gasteiger partial charge < -0.3 is 11.5 Å². The number of rotatable bonds is 4. The zero-order valence-corrected chi connectivity index (χ0v) is 15.5. The van der Waals surface area contributed by atoms with Crippen molar-refractivity contribution in [1.29, 1.82) is 0 Å². The maximum absolute atomic E-state index is 6.13. The average molecular weight is 362 g/mol. The Morgan fingerprint density at radius 2 is 0.750 bits per heavy atom. The summed E-state index contributed by atoms with van der Waals surface area (Å²) in [6, 6.07) is 36.9. The summed E-state index contributed by atoms with van der Waals surface area (Å²) in [6.07, 6.45) is 0. The number of hydrogen-bond donors (Lipinski definition) is 2. The molecule has 0 saturated carbocycles. The normalized spacial score (nSPS) is 11.7. The first kappa shape index (κ1) is 17.6. The van der Waals surface area contributed by atoms with Crippen LogP contribution < -0.4 is 11.5 Å². The molecule has 0 aliphatic rings. The highest BCUT2D eigenvalue weighted by Crippen LogP contribution is 2.37. The van der Waals surface area contributed by atoms with Crippen molar-refractivity contribution in [3.8, 4) is 0 Å². The van der Waals surface area contributed by atoms with E-state index in [1.165, 1.54) is 0 Å². The quantitative estimate of drug-likeness (QED) is 0.353. The Bertz CT molecular complexity index is 1020. The predicted molar refractivity (Wildman–Crippen MR) is 120 cm³/mol. The second kappa shape index (κ2) is 7.85. The molecule has 2 nitrogen and oxygen atoms in total. The van der Waals surface area contributed by atoms with Crippen molar-refractivity contribution in [3.05, 3.63) is 131 Å². The van der Waals surface area contributed by atoms with E-state index in [1.807, 2.05) is 48.5 Å². The van der Waals surface area contributed by atoms with Crippen LogP contribution in [0.5, 0.6) is 0 Å². The molecule has 0 spiro atoms. The number of hydrogen-bond acceptors (Lipinski definition) is 2. The van der Waals surface area contributed by atoms with Crippen LogP contribution in [0, 0.1) is 0 Å². The van der Waals surface area contributed by atoms with Crippen LogP contribution in [0.2, 0.25) is 0 Å². The summed E-state index contributed by atoms with van der Waals surface area (Å²) < 4.78 is 0. The van der Waals surface area contributed by atoms with Crippen molar-refractivity contribution in [2.45, 2.75) is 0 Å². The van der Waals surface area contributed by atoms with Gasteiger partial charge in [-0.05, 0) is 57.7 Å². The molecule has 0 bridgehead atoms. The van der Waals surface area contributed by atoms with Crippen LogP contribution in [0.1, 0.15) is 22.3 Å². The first-order chi connectivity index (χ1) is 13.7. The molecule has 0 aromatic heterocycles. The summed E-state index contributed by atoms with van der Waals surface area (Å²) in [7, 11) is 0. The molecule has 0 amide bonds. The van der Waals surface area contributed by atoms with E-state index in [1.54, 1.807) is 0 Å². The first-order valence-corrected chi connectivity index (χ1v) is 9.29. The predicted octanol–water partition coefficient (Wildman–Crippen LogP) is 5.86. The molecule has 136 valence electrons. The molecule has 0 aliphatic carbocycles. The number of nitrogen functional groups attached to an aromatic ring is 2. The highest BCUT2D eigenvalue weighted by atomic mass is 14.5. The molecule has 0 unspecified atom stereocenters. The number of benzene rings is 4. The largest absolute Gasteiger partial charge is 0.399 e. The van der Waals surface area contributed by atoms with Crippen molar-refractivity contribution in [1.82, 2.24) is 0 Å². The maximum Gasteiger partial charge on any atom is 0.0320 e. The third kappa shape index (κ3) is 3.67. The molecule has 0 heterocycles. The van der Waals surface area contributed by atoms with Gasteiger partial charge in [-0.2, -0.15) is 0 Å². The Morgan fingerprint density at radius 3 is 1.11 bits per heavy atom. The highest BCUT2D eigenvalue weighted by Gasteiger charge is 2.16. The van der Waals surface area contributed by atoms with Crippen molar-refractivity contribution in [2.75, 3.05) is 11.5 Å². The lowest BCUT2D eigenvalue weighted by molar-refractivity contribution is 1.50. The van der Waals surface area contributed by atoms with Crippen molar-refractivity contribution in [2.24, 2.45) is 0 Å². The molecule has 0 aliphatic heterocycles. The molecule has 28 heavy (non-hydrogen) atoms. The Balaban J connectivity index is 2.11. The number of anilines is 2. The Labute approximate surface area is 165 Å². The van der Waals surface area contributed by atoms with E-state index in [4.69, 9.17) is 11.5 Å². The highest BCUT2D eigenvalue weighted by molar-refractivity contribution is 6.05. The van der Waals surface area contributed by atoms with Gasteiger partial charge in [0.15, 0.2) is 0 Å². The van der Waals surface area contributed by atoms with Crippen LogP contribution in [0.25, 0.3) is 11.1 Å². The molecule has 0 atom stereocenters. The molecule has 0 fully saturated rings. The average Bonchev–Trinajstić information content (AvgIpc) is 2.73. The minimum absolute atomic E-state index is 0.742. The monoisotopic (exact) mass is 362 g/mol. The van der Waals surface area contributed by atoms with E-state index in [0.29, 0.717) is 0 Å². The summed E-state index contributed by atoms with van der Waals surface area (Å²) in [5.74, 6) is 0. The van der Waals surface area contributed by atoms with Gasteiger partial charge in [0.1, 0.15) is 0 Å². The van der Waals surface area contributed by atoms with Crippen molar-refractivity contribution < 1.29 is 0 Å². The van der Waals surface area contributed by atoms with Gasteiger partial charge in [-0.15, -0.1) is 0 Å². The molecule has 4 aromatic rings. The van der Waals surface area contributed by atoms with Crippen LogP contribution in [-0.2, 0) is 0 Å².